The van der Waals surface area contributed by atoms with Gasteiger partial charge in [-0.15, -0.1) is 0 Å². The van der Waals surface area contributed by atoms with Gasteiger partial charge in [0.05, 0.1) is 43.8 Å². The molecule has 3 rings (SSSR count). The molecular weight excluding hydrogens is 420 g/mol. The second-order valence-electron chi connectivity index (χ2n) is 7.35. The van der Waals surface area contributed by atoms with Gasteiger partial charge in [-0.05, 0) is 48.6 Å². The van der Waals surface area contributed by atoms with Crippen LogP contribution in [0, 0.1) is 11.3 Å². The van der Waals surface area contributed by atoms with Crippen LogP contribution in [0.5, 0.6) is 11.8 Å². The molecule has 0 aliphatic carbocycles. The second-order valence-corrected chi connectivity index (χ2v) is 7.35. The lowest BCUT2D eigenvalue weighted by molar-refractivity contribution is -0.137. The van der Waals surface area contributed by atoms with E-state index in [2.05, 4.69) is 21.4 Å². The van der Waals surface area contributed by atoms with Crippen molar-refractivity contribution in [3.8, 4) is 29.0 Å². The maximum absolute atomic E-state index is 11.3. The molecule has 0 unspecified atom stereocenters. The van der Waals surface area contributed by atoms with Crippen LogP contribution in [0.1, 0.15) is 43.7 Å². The lowest BCUT2D eigenvalue weighted by Crippen LogP contribution is -2.06. The molecule has 1 aromatic heterocycles. The fraction of sp³-hybridized carbons (Fsp3) is 0.280. The topological polar surface area (TPSA) is 117 Å². The Balaban J connectivity index is 2.06. The first kappa shape index (κ1) is 23.5. The Morgan fingerprint density at radius 3 is 2.55 bits per heavy atom. The van der Waals surface area contributed by atoms with Gasteiger partial charge in [-0.2, -0.15) is 5.26 Å². The summed E-state index contributed by atoms with van der Waals surface area (Å²) < 4.78 is 10.7. The first-order valence-electron chi connectivity index (χ1n) is 10.6. The highest BCUT2D eigenvalue weighted by atomic mass is 16.5. The minimum Gasteiger partial charge on any atom is -0.495 e. The van der Waals surface area contributed by atoms with Crippen LogP contribution in [0.4, 0.5) is 11.4 Å². The molecule has 1 atom stereocenters. The number of carboxylic acids is 1. The van der Waals surface area contributed by atoms with Gasteiger partial charge in [-0.25, -0.2) is 9.97 Å². The molecule has 0 spiro atoms. The van der Waals surface area contributed by atoms with E-state index in [1.807, 2.05) is 44.2 Å². The van der Waals surface area contributed by atoms with Gasteiger partial charge in [0.1, 0.15) is 11.8 Å². The molecule has 8 nitrogen and oxygen atoms in total. The summed E-state index contributed by atoms with van der Waals surface area (Å²) >= 11 is 0. The van der Waals surface area contributed by atoms with E-state index in [0.29, 0.717) is 36.0 Å². The van der Waals surface area contributed by atoms with Gasteiger partial charge in [0.2, 0.25) is 0 Å². The van der Waals surface area contributed by atoms with Crippen molar-refractivity contribution in [3.05, 3.63) is 59.9 Å². The van der Waals surface area contributed by atoms with E-state index < -0.39 is 5.97 Å². The number of benzene rings is 2. The zero-order valence-electron chi connectivity index (χ0n) is 18.8. The second kappa shape index (κ2) is 11.0. The minimum absolute atomic E-state index is 0.0478. The van der Waals surface area contributed by atoms with Gasteiger partial charge in [-0.1, -0.05) is 25.1 Å². The normalized spacial score (nSPS) is 11.3. The first-order valence-corrected chi connectivity index (χ1v) is 10.6. The number of aliphatic carboxylic acids is 1. The Labute approximate surface area is 192 Å². The van der Waals surface area contributed by atoms with Gasteiger partial charge in [0.15, 0.2) is 0 Å². The maximum Gasteiger partial charge on any atom is 0.316 e. The molecule has 170 valence electrons. The number of ether oxygens (including phenoxy) is 2. The van der Waals surface area contributed by atoms with Crippen molar-refractivity contribution in [2.24, 2.45) is 0 Å². The smallest absolute Gasteiger partial charge is 0.316 e. The van der Waals surface area contributed by atoms with Gasteiger partial charge in [0.25, 0.3) is 0 Å². The highest BCUT2D eigenvalue weighted by Crippen LogP contribution is 2.36. The fourth-order valence-corrected chi connectivity index (χ4v) is 3.57. The van der Waals surface area contributed by atoms with E-state index in [1.165, 1.54) is 7.11 Å². The van der Waals surface area contributed by atoms with Crippen molar-refractivity contribution >= 4 is 17.3 Å². The number of nitrogens with zero attached hydrogens (tertiary/aromatic N) is 3. The van der Waals surface area contributed by atoms with E-state index >= 15 is 0 Å². The summed E-state index contributed by atoms with van der Waals surface area (Å²) in [6.45, 7) is 4.31. The molecule has 0 bridgehead atoms. The summed E-state index contributed by atoms with van der Waals surface area (Å²) in [5, 5.41) is 22.0. The quantitative estimate of drug-likeness (QED) is 0.440. The first-order chi connectivity index (χ1) is 16.0. The fourth-order valence-electron chi connectivity index (χ4n) is 3.57. The highest BCUT2D eigenvalue weighted by Gasteiger charge is 2.17. The summed E-state index contributed by atoms with van der Waals surface area (Å²) in [7, 11) is 1.53. The maximum atomic E-state index is 11.3. The average Bonchev–Trinajstić information content (AvgIpc) is 2.83. The van der Waals surface area contributed by atoms with Gasteiger partial charge >= 0.3 is 12.0 Å². The molecular formula is C25H26N4O4. The SMILES string of the molecule is CCOc1ncc(Nc2cc([C@H](CC)CC(=O)O)ccc2-c2ccc(C#N)c(OC)c2)cn1. The predicted octanol–water partition coefficient (Wildman–Crippen LogP) is 5.13. The molecule has 0 saturated heterocycles. The van der Waals surface area contributed by atoms with Crippen LogP contribution in [0.25, 0.3) is 11.1 Å². The van der Waals surface area contributed by atoms with E-state index in [0.717, 1.165) is 22.4 Å². The predicted molar refractivity (Wildman–Crippen MR) is 125 cm³/mol. The molecule has 0 radical (unpaired) electrons. The Morgan fingerprint density at radius 1 is 1.18 bits per heavy atom. The van der Waals surface area contributed by atoms with Gasteiger partial charge < -0.3 is 19.9 Å². The standard InChI is InChI=1S/C25H26N4O4/c1-4-16(12-24(30)31)17-8-9-21(18-6-7-19(13-26)23(11-18)32-3)22(10-17)29-20-14-27-25(28-15-20)33-5-2/h6-11,14-16,29H,4-5,12H2,1-3H3,(H,30,31)/t16-/m1/s1. The molecule has 0 saturated carbocycles. The molecule has 2 N–H and O–H groups in total. The van der Waals surface area contributed by atoms with Crippen LogP contribution in [-0.2, 0) is 4.79 Å². The summed E-state index contributed by atoms with van der Waals surface area (Å²) in [4.78, 5) is 19.7. The van der Waals surface area contributed by atoms with Crippen molar-refractivity contribution in [3.63, 3.8) is 0 Å². The van der Waals surface area contributed by atoms with E-state index in [9.17, 15) is 15.2 Å². The van der Waals surface area contributed by atoms with Crippen LogP contribution in [0.2, 0.25) is 0 Å². The largest absolute Gasteiger partial charge is 0.495 e. The Morgan fingerprint density at radius 2 is 1.94 bits per heavy atom. The zero-order valence-corrected chi connectivity index (χ0v) is 18.8. The summed E-state index contributed by atoms with van der Waals surface area (Å²) in [6.07, 6.45) is 4.00. The minimum atomic E-state index is -0.836. The number of rotatable bonds is 10. The molecule has 0 fully saturated rings. The third-order valence-electron chi connectivity index (χ3n) is 5.24. The molecule has 33 heavy (non-hydrogen) atoms. The number of hydrogen-bond donors (Lipinski definition) is 2. The zero-order chi connectivity index (χ0) is 23.8. The van der Waals surface area contributed by atoms with Crippen LogP contribution >= 0.6 is 0 Å². The van der Waals surface area contributed by atoms with Crippen LogP contribution in [0.3, 0.4) is 0 Å². The molecule has 0 amide bonds. The summed E-state index contributed by atoms with van der Waals surface area (Å²) in [6, 6.07) is 13.6. The lowest BCUT2D eigenvalue weighted by Gasteiger charge is -2.19. The van der Waals surface area contributed by atoms with E-state index in [1.54, 1.807) is 18.5 Å². The number of anilines is 2. The third kappa shape index (κ3) is 5.77. The number of nitrogens with one attached hydrogen (secondary N) is 1. The highest BCUT2D eigenvalue weighted by molar-refractivity contribution is 5.82. The van der Waals surface area contributed by atoms with Crippen molar-refractivity contribution < 1.29 is 19.4 Å². The summed E-state index contributed by atoms with van der Waals surface area (Å²) in [5.41, 5.74) is 4.48. The Hall–Kier alpha value is -4.12. The van der Waals surface area contributed by atoms with Gasteiger partial charge in [0, 0.05) is 11.3 Å². The molecule has 2 aromatic carbocycles. The number of nitriles is 1. The third-order valence-corrected chi connectivity index (χ3v) is 5.24. The number of hydrogen-bond acceptors (Lipinski definition) is 7. The lowest BCUT2D eigenvalue weighted by atomic mass is 9.90. The molecule has 0 aliphatic rings. The van der Waals surface area contributed by atoms with Crippen LogP contribution < -0.4 is 14.8 Å². The van der Waals surface area contributed by atoms with E-state index in [-0.39, 0.29) is 12.3 Å². The Kier molecular flexibility index (Phi) is 7.82. The number of aromatic nitrogens is 2. The van der Waals surface area contributed by atoms with Crippen LogP contribution in [0.15, 0.2) is 48.8 Å². The van der Waals surface area contributed by atoms with Crippen molar-refractivity contribution in [2.45, 2.75) is 32.6 Å². The monoisotopic (exact) mass is 446 g/mol. The molecule has 1 heterocycles. The number of carboxylic acid groups (broad SMARTS) is 1. The van der Waals surface area contributed by atoms with Crippen LogP contribution in [-0.4, -0.2) is 34.8 Å². The van der Waals surface area contributed by atoms with Gasteiger partial charge in [-0.3, -0.25) is 4.79 Å². The van der Waals surface area contributed by atoms with Crippen molar-refractivity contribution in [2.75, 3.05) is 19.0 Å². The summed E-state index contributed by atoms with van der Waals surface area (Å²) in [5.74, 6) is -0.479. The van der Waals surface area contributed by atoms with Crippen molar-refractivity contribution in [1.29, 1.82) is 5.26 Å². The number of carbonyl (C=O) groups is 1. The average molecular weight is 447 g/mol. The molecule has 8 heteroatoms. The number of methoxy groups -OCH3 is 1. The van der Waals surface area contributed by atoms with E-state index in [4.69, 9.17) is 9.47 Å². The molecule has 0 aliphatic heterocycles. The Bertz CT molecular complexity index is 1160. The van der Waals surface area contributed by atoms with Crippen molar-refractivity contribution in [1.82, 2.24) is 9.97 Å². The molecule has 3 aromatic rings.